The fourth-order valence-electron chi connectivity index (χ4n) is 1.87. The van der Waals surface area contributed by atoms with E-state index in [1.54, 1.807) is 0 Å². The number of benzene rings is 1. The van der Waals surface area contributed by atoms with Gasteiger partial charge in [-0.1, -0.05) is 19.9 Å². The van der Waals surface area contributed by atoms with Crippen LogP contribution in [0.25, 0.3) is 10.9 Å². The second-order valence-electron chi connectivity index (χ2n) is 6.01. The molecule has 0 spiro atoms. The summed E-state index contributed by atoms with van der Waals surface area (Å²) in [6, 6.07) is 6.40. The van der Waals surface area contributed by atoms with Crippen LogP contribution in [0.5, 0.6) is 0 Å². The van der Waals surface area contributed by atoms with Crippen molar-refractivity contribution in [3.63, 3.8) is 0 Å². The number of fused-ring (bicyclic) bond motifs is 1. The van der Waals surface area contributed by atoms with E-state index in [4.69, 9.17) is 0 Å². The first-order chi connectivity index (χ1) is 8.21. The van der Waals surface area contributed by atoms with Crippen LogP contribution in [0.3, 0.4) is 0 Å². The smallest absolute Gasteiger partial charge is 0.188 e. The zero-order chi connectivity index (χ0) is 13.6. The van der Waals surface area contributed by atoms with Crippen molar-refractivity contribution in [1.82, 2.24) is 10.2 Å². The summed E-state index contributed by atoms with van der Waals surface area (Å²) in [4.78, 5) is 10.3. The zero-order valence-corrected chi connectivity index (χ0v) is 14.4. The topological polar surface area (TPSA) is 48.9 Å². The number of hydrogen-bond donors (Lipinski definition) is 2. The van der Waals surface area contributed by atoms with Crippen molar-refractivity contribution < 1.29 is 4.80 Å². The number of halogens is 1. The largest absolute Gasteiger partial charge is 0.432 e. The molecule has 98 valence electrons. The van der Waals surface area contributed by atoms with Crippen LogP contribution in [-0.4, -0.2) is 23.3 Å². The third-order valence-corrected chi connectivity index (χ3v) is 8.19. The maximum atomic E-state index is 10.3. The predicted octanol–water partition coefficient (Wildman–Crippen LogP) is 3.69. The summed E-state index contributed by atoms with van der Waals surface area (Å²) >= 11 is 2.23. The highest BCUT2D eigenvalue weighted by molar-refractivity contribution is 14.1. The predicted molar refractivity (Wildman–Crippen MR) is 86.3 cm³/mol. The summed E-state index contributed by atoms with van der Waals surface area (Å²) in [7, 11) is -2.16. The Kier molecular flexibility index (Phi) is 3.59. The molecule has 5 heteroatoms. The molecule has 0 aliphatic heterocycles. The van der Waals surface area contributed by atoms with Crippen LogP contribution in [0.2, 0.25) is 18.1 Å². The van der Waals surface area contributed by atoms with E-state index >= 15 is 0 Å². The standard InChI is InChI=1S/C13H19IN2OSi/c1-13(2,18(3,4)17)8-9-5-6-10-11(7-9)15-16-12(10)14/h5-7,17H,8H2,1-4H3,(H,15,16). The van der Waals surface area contributed by atoms with Crippen LogP contribution in [0.15, 0.2) is 18.2 Å². The van der Waals surface area contributed by atoms with E-state index in [0.717, 1.165) is 21.0 Å². The molecule has 0 radical (unpaired) electrons. The van der Waals surface area contributed by atoms with E-state index in [9.17, 15) is 4.80 Å². The van der Waals surface area contributed by atoms with E-state index in [-0.39, 0.29) is 5.04 Å². The van der Waals surface area contributed by atoms with Gasteiger partial charge in [-0.25, -0.2) is 0 Å². The molecule has 2 N–H and O–H groups in total. The first kappa shape index (κ1) is 14.0. The Morgan fingerprint density at radius 1 is 1.39 bits per heavy atom. The summed E-state index contributed by atoms with van der Waals surface area (Å²) < 4.78 is 1.00. The molecule has 0 fully saturated rings. The average molecular weight is 374 g/mol. The van der Waals surface area contributed by atoms with Gasteiger partial charge in [0, 0.05) is 5.39 Å². The molecule has 2 rings (SSSR count). The summed E-state index contributed by atoms with van der Waals surface area (Å²) in [6.45, 7) is 8.32. The Morgan fingerprint density at radius 3 is 2.67 bits per heavy atom. The molecule has 0 unspecified atom stereocenters. The molecule has 2 aromatic rings. The first-order valence-electron chi connectivity index (χ1n) is 6.05. The quantitative estimate of drug-likeness (QED) is 0.636. The lowest BCUT2D eigenvalue weighted by molar-refractivity contribution is 0.467. The second kappa shape index (κ2) is 4.61. The minimum Gasteiger partial charge on any atom is -0.432 e. The number of aromatic nitrogens is 2. The molecular weight excluding hydrogens is 355 g/mol. The van der Waals surface area contributed by atoms with Crippen molar-refractivity contribution in [3.8, 4) is 0 Å². The zero-order valence-electron chi connectivity index (χ0n) is 11.2. The monoisotopic (exact) mass is 374 g/mol. The van der Waals surface area contributed by atoms with E-state index in [1.165, 1.54) is 5.56 Å². The van der Waals surface area contributed by atoms with Crippen molar-refractivity contribution in [2.45, 2.75) is 38.4 Å². The fraction of sp³-hybridized carbons (Fsp3) is 0.462. The van der Waals surface area contributed by atoms with Gasteiger partial charge in [0.1, 0.15) is 3.70 Å². The number of aromatic amines is 1. The van der Waals surface area contributed by atoms with Crippen molar-refractivity contribution >= 4 is 41.8 Å². The number of hydrogen-bond acceptors (Lipinski definition) is 2. The van der Waals surface area contributed by atoms with Gasteiger partial charge in [0.2, 0.25) is 0 Å². The molecule has 0 bridgehead atoms. The highest BCUT2D eigenvalue weighted by atomic mass is 127. The van der Waals surface area contributed by atoms with Crippen LogP contribution >= 0.6 is 22.6 Å². The number of nitrogens with zero attached hydrogens (tertiary/aromatic N) is 1. The molecule has 1 aromatic carbocycles. The molecule has 3 nitrogen and oxygen atoms in total. The third-order valence-electron chi connectivity index (χ3n) is 3.88. The Morgan fingerprint density at radius 2 is 2.06 bits per heavy atom. The van der Waals surface area contributed by atoms with Crippen molar-refractivity contribution in [2.24, 2.45) is 0 Å². The average Bonchev–Trinajstić information content (AvgIpc) is 2.58. The molecule has 1 aromatic heterocycles. The maximum Gasteiger partial charge on any atom is 0.188 e. The van der Waals surface area contributed by atoms with E-state index in [2.05, 4.69) is 64.8 Å². The lowest BCUT2D eigenvalue weighted by Gasteiger charge is -2.35. The maximum absolute atomic E-state index is 10.3. The van der Waals surface area contributed by atoms with Crippen molar-refractivity contribution in [1.29, 1.82) is 0 Å². The molecule has 0 saturated carbocycles. The van der Waals surface area contributed by atoms with Crippen LogP contribution in [0.1, 0.15) is 19.4 Å². The molecule has 0 aliphatic rings. The molecular formula is C13H19IN2OSi. The Hall–Kier alpha value is -0.403. The molecule has 0 atom stereocenters. The van der Waals surface area contributed by atoms with Crippen LogP contribution in [-0.2, 0) is 6.42 Å². The molecule has 0 aliphatic carbocycles. The fourth-order valence-corrected chi connectivity index (χ4v) is 3.10. The van der Waals surface area contributed by atoms with Crippen molar-refractivity contribution in [2.75, 3.05) is 0 Å². The van der Waals surface area contributed by atoms with Gasteiger partial charge in [0.05, 0.1) is 5.52 Å². The lowest BCUT2D eigenvalue weighted by atomic mass is 10.0. The van der Waals surface area contributed by atoms with Crippen LogP contribution in [0.4, 0.5) is 0 Å². The van der Waals surface area contributed by atoms with Gasteiger partial charge in [0.15, 0.2) is 8.32 Å². The Balaban J connectivity index is 2.33. The highest BCUT2D eigenvalue weighted by Crippen LogP contribution is 2.39. The summed E-state index contributed by atoms with van der Waals surface area (Å²) in [6.07, 6.45) is 0.897. The number of nitrogens with one attached hydrogen (secondary N) is 1. The lowest BCUT2D eigenvalue weighted by Crippen LogP contribution is -2.40. The van der Waals surface area contributed by atoms with Gasteiger partial charge in [-0.05, 0) is 64.8 Å². The first-order valence-corrected chi connectivity index (χ1v) is 10.1. The van der Waals surface area contributed by atoms with Crippen LogP contribution < -0.4 is 0 Å². The third kappa shape index (κ3) is 2.62. The van der Waals surface area contributed by atoms with E-state index in [1.807, 2.05) is 13.1 Å². The van der Waals surface area contributed by atoms with Crippen molar-refractivity contribution in [3.05, 3.63) is 27.5 Å². The van der Waals surface area contributed by atoms with Gasteiger partial charge in [-0.2, -0.15) is 5.10 Å². The summed E-state index contributed by atoms with van der Waals surface area (Å²) in [5.74, 6) is 0. The van der Waals surface area contributed by atoms with E-state index < -0.39 is 8.32 Å². The summed E-state index contributed by atoms with van der Waals surface area (Å²) in [5.41, 5.74) is 2.33. The van der Waals surface area contributed by atoms with E-state index in [0.29, 0.717) is 0 Å². The Bertz CT molecular complexity index is 572. The molecule has 18 heavy (non-hydrogen) atoms. The normalized spacial score (nSPS) is 13.2. The molecule has 1 heterocycles. The van der Waals surface area contributed by atoms with Crippen LogP contribution in [0, 0.1) is 3.70 Å². The van der Waals surface area contributed by atoms with Gasteiger partial charge < -0.3 is 4.80 Å². The van der Waals surface area contributed by atoms with Gasteiger partial charge in [-0.3, -0.25) is 5.10 Å². The van der Waals surface area contributed by atoms with Gasteiger partial charge >= 0.3 is 0 Å². The van der Waals surface area contributed by atoms with Gasteiger partial charge in [0.25, 0.3) is 0 Å². The minimum atomic E-state index is -2.16. The Labute approximate surface area is 122 Å². The minimum absolute atomic E-state index is 0.0339. The molecule has 0 saturated heterocycles. The molecule has 0 amide bonds. The highest BCUT2D eigenvalue weighted by Gasteiger charge is 2.37. The number of H-pyrrole nitrogens is 1. The van der Waals surface area contributed by atoms with Gasteiger partial charge in [-0.15, -0.1) is 0 Å². The summed E-state index contributed by atoms with van der Waals surface area (Å²) in [5, 5.41) is 8.38. The SMILES string of the molecule is CC(C)(Cc1ccc2c(I)n[nH]c2c1)[Si](C)(C)O. The second-order valence-corrected chi connectivity index (χ2v) is 11.5. The number of rotatable bonds is 3.